The van der Waals surface area contributed by atoms with Gasteiger partial charge in [0.05, 0.1) is 12.2 Å². The van der Waals surface area contributed by atoms with Gasteiger partial charge in [-0.05, 0) is 73.9 Å². The Labute approximate surface area is 185 Å². The number of aryl methyl sites for hydroxylation is 3. The van der Waals surface area contributed by atoms with Gasteiger partial charge in [-0.2, -0.15) is 0 Å². The van der Waals surface area contributed by atoms with Crippen LogP contribution in [0.4, 0.5) is 5.69 Å². The second-order valence-corrected chi connectivity index (χ2v) is 8.33. The molecular formula is C26H23NO5. The number of nitrogens with zero attached hydrogens (tertiary/aromatic N) is 1. The van der Waals surface area contributed by atoms with E-state index in [1.54, 1.807) is 31.2 Å². The van der Waals surface area contributed by atoms with Gasteiger partial charge in [-0.25, -0.2) is 0 Å². The lowest BCUT2D eigenvalue weighted by atomic mass is 9.97. The third-order valence-electron chi connectivity index (χ3n) is 6.06. The highest BCUT2D eigenvalue weighted by molar-refractivity contribution is 6.51. The zero-order valence-electron chi connectivity index (χ0n) is 18.1. The fraction of sp³-hybridized carbons (Fsp3) is 0.231. The van der Waals surface area contributed by atoms with Crippen molar-refractivity contribution in [1.29, 1.82) is 0 Å². The van der Waals surface area contributed by atoms with Crippen molar-refractivity contribution < 1.29 is 23.8 Å². The maximum Gasteiger partial charge on any atom is 0.300 e. The van der Waals surface area contributed by atoms with Gasteiger partial charge in [0.25, 0.3) is 11.7 Å². The van der Waals surface area contributed by atoms with E-state index < -0.39 is 17.7 Å². The molecule has 6 heteroatoms. The first-order chi connectivity index (χ1) is 15.3. The Kier molecular flexibility index (Phi) is 4.66. The van der Waals surface area contributed by atoms with Gasteiger partial charge in [0, 0.05) is 17.7 Å². The predicted molar refractivity (Wildman–Crippen MR) is 120 cm³/mol. The molecule has 5 rings (SSSR count). The van der Waals surface area contributed by atoms with Crippen LogP contribution in [-0.2, 0) is 16.0 Å². The molecule has 0 radical (unpaired) electrons. The summed E-state index contributed by atoms with van der Waals surface area (Å²) in [6.45, 7) is 6.20. The number of furan rings is 1. The molecule has 32 heavy (non-hydrogen) atoms. The minimum atomic E-state index is -0.867. The van der Waals surface area contributed by atoms with Crippen LogP contribution in [0, 0.1) is 20.8 Å². The van der Waals surface area contributed by atoms with Gasteiger partial charge in [-0.15, -0.1) is 0 Å². The Bertz CT molecular complexity index is 1300. The van der Waals surface area contributed by atoms with E-state index in [-0.39, 0.29) is 11.3 Å². The van der Waals surface area contributed by atoms with Crippen LogP contribution < -0.4 is 9.64 Å². The van der Waals surface area contributed by atoms with Crippen molar-refractivity contribution in [1.82, 2.24) is 0 Å². The van der Waals surface area contributed by atoms with E-state index in [9.17, 15) is 14.7 Å². The fourth-order valence-corrected chi connectivity index (χ4v) is 4.42. The van der Waals surface area contributed by atoms with Crippen LogP contribution in [0.25, 0.3) is 5.76 Å². The van der Waals surface area contributed by atoms with Gasteiger partial charge in [0.1, 0.15) is 29.1 Å². The molecule has 2 aliphatic heterocycles. The second-order valence-electron chi connectivity index (χ2n) is 8.33. The molecule has 3 heterocycles. The highest BCUT2D eigenvalue weighted by Crippen LogP contribution is 2.44. The molecule has 2 aliphatic rings. The van der Waals surface area contributed by atoms with Gasteiger partial charge in [-0.1, -0.05) is 12.1 Å². The predicted octanol–water partition coefficient (Wildman–Crippen LogP) is 4.77. The van der Waals surface area contributed by atoms with E-state index in [4.69, 9.17) is 9.15 Å². The second kappa shape index (κ2) is 7.41. The fourth-order valence-electron chi connectivity index (χ4n) is 4.42. The van der Waals surface area contributed by atoms with Crippen LogP contribution in [0.1, 0.15) is 39.8 Å². The quantitative estimate of drug-likeness (QED) is 0.369. The third-order valence-corrected chi connectivity index (χ3v) is 6.06. The average molecular weight is 429 g/mol. The number of aliphatic hydroxyl groups is 1. The summed E-state index contributed by atoms with van der Waals surface area (Å²) in [4.78, 5) is 27.9. The van der Waals surface area contributed by atoms with E-state index in [0.29, 0.717) is 29.4 Å². The number of aliphatic hydroxyl groups excluding tert-OH is 1. The standard InChI is InChI=1S/C26H23NO5/c1-14-4-5-15(2)19(12-14)27-23(21-8-6-16(3)32-21)22(25(29)26(27)30)24(28)18-7-9-20-17(13-18)10-11-31-20/h4-9,12-13,23,28H,10-11H2,1-3H3/b24-22-. The molecule has 1 atom stereocenters. The Morgan fingerprint density at radius 2 is 1.84 bits per heavy atom. The number of amides is 1. The highest BCUT2D eigenvalue weighted by atomic mass is 16.5. The average Bonchev–Trinajstić information content (AvgIpc) is 3.48. The normalized spacial score (nSPS) is 19.3. The molecule has 0 aliphatic carbocycles. The summed E-state index contributed by atoms with van der Waals surface area (Å²) < 4.78 is 11.4. The summed E-state index contributed by atoms with van der Waals surface area (Å²) in [5, 5.41) is 11.3. The molecule has 0 spiro atoms. The summed E-state index contributed by atoms with van der Waals surface area (Å²) in [7, 11) is 0. The summed E-state index contributed by atoms with van der Waals surface area (Å²) >= 11 is 0. The maximum atomic E-state index is 13.3. The van der Waals surface area contributed by atoms with Crippen LogP contribution in [0.15, 0.2) is 58.5 Å². The van der Waals surface area contributed by atoms with E-state index in [2.05, 4.69) is 0 Å². The number of ketones is 1. The number of hydrogen-bond donors (Lipinski definition) is 1. The van der Waals surface area contributed by atoms with Crippen molar-refractivity contribution in [2.45, 2.75) is 33.2 Å². The van der Waals surface area contributed by atoms with Crippen LogP contribution in [0.2, 0.25) is 0 Å². The van der Waals surface area contributed by atoms with Gasteiger partial charge in [-0.3, -0.25) is 14.5 Å². The molecule has 1 N–H and O–H groups in total. The van der Waals surface area contributed by atoms with Crippen LogP contribution in [-0.4, -0.2) is 23.4 Å². The zero-order valence-corrected chi connectivity index (χ0v) is 18.1. The van der Waals surface area contributed by atoms with Gasteiger partial charge in [0.15, 0.2) is 0 Å². The molecule has 1 aromatic heterocycles. The Hall–Kier alpha value is -3.80. The van der Waals surface area contributed by atoms with E-state index in [0.717, 1.165) is 28.9 Å². The van der Waals surface area contributed by atoms with Gasteiger partial charge in [0.2, 0.25) is 0 Å². The summed E-state index contributed by atoms with van der Waals surface area (Å²) in [5.74, 6) is 0.207. The molecule has 1 unspecified atom stereocenters. The monoisotopic (exact) mass is 429 g/mol. The van der Waals surface area contributed by atoms with Crippen LogP contribution in [0.5, 0.6) is 5.75 Å². The number of ether oxygens (including phenoxy) is 1. The van der Waals surface area contributed by atoms with E-state index in [1.807, 2.05) is 38.1 Å². The molecule has 6 nitrogen and oxygen atoms in total. The first-order valence-corrected chi connectivity index (χ1v) is 10.6. The molecular weight excluding hydrogens is 406 g/mol. The number of anilines is 1. The zero-order chi connectivity index (χ0) is 22.6. The van der Waals surface area contributed by atoms with Crippen molar-refractivity contribution in [3.8, 4) is 5.75 Å². The van der Waals surface area contributed by atoms with Crippen molar-refractivity contribution in [2.75, 3.05) is 11.5 Å². The Balaban J connectivity index is 1.72. The number of rotatable bonds is 3. The largest absolute Gasteiger partial charge is 0.507 e. The highest BCUT2D eigenvalue weighted by Gasteiger charge is 2.48. The number of benzene rings is 2. The third kappa shape index (κ3) is 3.11. The summed E-state index contributed by atoms with van der Waals surface area (Å²) in [6.07, 6.45) is 0.730. The number of fused-ring (bicyclic) bond motifs is 1. The minimum absolute atomic E-state index is 0.0177. The molecule has 1 amide bonds. The van der Waals surface area contributed by atoms with Crippen molar-refractivity contribution in [2.24, 2.45) is 0 Å². The van der Waals surface area contributed by atoms with Crippen molar-refractivity contribution in [3.63, 3.8) is 0 Å². The lowest BCUT2D eigenvalue weighted by Gasteiger charge is -2.25. The Morgan fingerprint density at radius 3 is 2.59 bits per heavy atom. The molecule has 0 bridgehead atoms. The number of Topliss-reactive ketones (excluding diaryl/α,β-unsaturated/α-hetero) is 1. The smallest absolute Gasteiger partial charge is 0.300 e. The number of carbonyl (C=O) groups is 2. The molecule has 3 aromatic rings. The SMILES string of the molecule is Cc1ccc(C)c(N2C(=O)C(=O)/C(=C(\O)c3ccc4c(c3)CCO4)C2c2ccc(C)o2)c1. The number of carbonyl (C=O) groups excluding carboxylic acids is 2. The lowest BCUT2D eigenvalue weighted by Crippen LogP contribution is -2.30. The van der Waals surface area contributed by atoms with E-state index in [1.165, 1.54) is 4.90 Å². The molecule has 2 aromatic carbocycles. The Morgan fingerprint density at radius 1 is 1.03 bits per heavy atom. The van der Waals surface area contributed by atoms with Gasteiger partial charge >= 0.3 is 0 Å². The topological polar surface area (TPSA) is 80.0 Å². The first kappa shape index (κ1) is 20.1. The first-order valence-electron chi connectivity index (χ1n) is 10.6. The van der Waals surface area contributed by atoms with Crippen LogP contribution in [0.3, 0.4) is 0 Å². The molecule has 0 saturated carbocycles. The van der Waals surface area contributed by atoms with Gasteiger partial charge < -0.3 is 14.3 Å². The maximum absolute atomic E-state index is 13.3. The van der Waals surface area contributed by atoms with Crippen molar-refractivity contribution in [3.05, 3.63) is 87.9 Å². The molecule has 162 valence electrons. The van der Waals surface area contributed by atoms with Crippen molar-refractivity contribution >= 4 is 23.1 Å². The summed E-state index contributed by atoms with van der Waals surface area (Å²) in [5.41, 5.74) is 3.88. The summed E-state index contributed by atoms with van der Waals surface area (Å²) in [6, 6.07) is 13.7. The molecule has 1 fully saturated rings. The number of hydrogen-bond acceptors (Lipinski definition) is 5. The lowest BCUT2D eigenvalue weighted by molar-refractivity contribution is -0.132. The van der Waals surface area contributed by atoms with Crippen LogP contribution >= 0.6 is 0 Å². The minimum Gasteiger partial charge on any atom is -0.507 e. The molecule has 1 saturated heterocycles. The van der Waals surface area contributed by atoms with E-state index >= 15 is 0 Å².